The van der Waals surface area contributed by atoms with E-state index in [1.54, 1.807) is 0 Å². The fourth-order valence-corrected chi connectivity index (χ4v) is 5.77. The first-order valence-corrected chi connectivity index (χ1v) is 12.1. The Balaban J connectivity index is 2.16. The molecule has 2 N–H and O–H groups in total. The summed E-state index contributed by atoms with van der Waals surface area (Å²) in [6.07, 6.45) is -14.6. The zero-order valence-electron chi connectivity index (χ0n) is 20.5. The lowest BCUT2D eigenvalue weighted by atomic mass is 9.53. The van der Waals surface area contributed by atoms with E-state index in [1.165, 1.54) is 18.2 Å². The Hall–Kier alpha value is -3.03. The molecule has 1 aliphatic rings. The second kappa shape index (κ2) is 10.4. The summed E-state index contributed by atoms with van der Waals surface area (Å²) in [4.78, 5) is 0. The SMILES string of the molecule is OB(O)OC1(c2cccc(C(F)(F)F)c2)CCCCC1(c1cccc(C(F)(F)F)c1)c1cccc(C(F)(F)F)c1. The van der Waals surface area contributed by atoms with E-state index >= 15 is 0 Å². The zero-order valence-corrected chi connectivity index (χ0v) is 20.5. The lowest BCUT2D eigenvalue weighted by molar-refractivity contribution is -0.139. The molecule has 0 bridgehead atoms. The van der Waals surface area contributed by atoms with Gasteiger partial charge in [-0.25, -0.2) is 0 Å². The third-order valence-electron chi connectivity index (χ3n) is 7.35. The molecule has 0 radical (unpaired) electrons. The highest BCUT2D eigenvalue weighted by Crippen LogP contribution is 2.59. The highest BCUT2D eigenvalue weighted by atomic mass is 19.4. The minimum Gasteiger partial charge on any atom is -0.402 e. The van der Waals surface area contributed by atoms with Crippen LogP contribution in [0.5, 0.6) is 0 Å². The van der Waals surface area contributed by atoms with Gasteiger partial charge in [0.1, 0.15) is 0 Å². The molecular formula is C27H22BF9O3. The number of halogens is 9. The number of benzene rings is 3. The Bertz CT molecular complexity index is 1290. The van der Waals surface area contributed by atoms with Gasteiger partial charge < -0.3 is 14.7 Å². The van der Waals surface area contributed by atoms with E-state index in [0.29, 0.717) is 18.2 Å². The summed E-state index contributed by atoms with van der Waals surface area (Å²) in [7, 11) is -2.64. The Labute approximate surface area is 223 Å². The summed E-state index contributed by atoms with van der Waals surface area (Å²) in [6, 6.07) is 11.0. The average molecular weight is 576 g/mol. The van der Waals surface area contributed by atoms with Crippen molar-refractivity contribution in [2.75, 3.05) is 0 Å². The van der Waals surface area contributed by atoms with Crippen LogP contribution in [0.15, 0.2) is 72.8 Å². The number of hydrogen-bond donors (Lipinski definition) is 2. The van der Waals surface area contributed by atoms with Gasteiger partial charge in [0, 0.05) is 0 Å². The van der Waals surface area contributed by atoms with Crippen LogP contribution in [-0.2, 0) is 34.2 Å². The summed E-state index contributed by atoms with van der Waals surface area (Å²) in [5.41, 5.74) is -8.40. The van der Waals surface area contributed by atoms with Crippen LogP contribution in [0.1, 0.15) is 59.1 Å². The first kappa shape index (κ1) is 29.9. The van der Waals surface area contributed by atoms with Crippen molar-refractivity contribution in [2.24, 2.45) is 0 Å². The van der Waals surface area contributed by atoms with Gasteiger partial charge in [0.25, 0.3) is 0 Å². The number of rotatable bonds is 5. The maximum Gasteiger partial charge on any atom is 0.634 e. The maximum absolute atomic E-state index is 13.8. The summed E-state index contributed by atoms with van der Waals surface area (Å²) < 4.78 is 130. The lowest BCUT2D eigenvalue weighted by Gasteiger charge is -2.55. The fourth-order valence-electron chi connectivity index (χ4n) is 5.77. The molecule has 0 aromatic heterocycles. The van der Waals surface area contributed by atoms with Gasteiger partial charge in [-0.3, -0.25) is 0 Å². The van der Waals surface area contributed by atoms with E-state index in [9.17, 15) is 49.6 Å². The fraction of sp³-hybridized carbons (Fsp3) is 0.333. The van der Waals surface area contributed by atoms with Gasteiger partial charge in [0.2, 0.25) is 0 Å². The Morgan fingerprint density at radius 2 is 0.950 bits per heavy atom. The van der Waals surface area contributed by atoms with Crippen LogP contribution >= 0.6 is 0 Å². The Morgan fingerprint density at radius 3 is 1.35 bits per heavy atom. The summed E-state index contributed by atoms with van der Waals surface area (Å²) in [6.45, 7) is 0. The number of alkyl halides is 9. The van der Waals surface area contributed by atoms with Crippen LogP contribution in [0.4, 0.5) is 39.5 Å². The van der Waals surface area contributed by atoms with Crippen molar-refractivity contribution in [3.05, 3.63) is 106 Å². The van der Waals surface area contributed by atoms with Gasteiger partial charge in [-0.1, -0.05) is 61.4 Å². The van der Waals surface area contributed by atoms with Crippen molar-refractivity contribution in [3.63, 3.8) is 0 Å². The summed E-state index contributed by atoms with van der Waals surface area (Å²) in [5.74, 6) is 0. The molecule has 4 rings (SSSR count). The van der Waals surface area contributed by atoms with Crippen molar-refractivity contribution in [1.29, 1.82) is 0 Å². The topological polar surface area (TPSA) is 49.7 Å². The molecule has 0 spiro atoms. The van der Waals surface area contributed by atoms with Crippen molar-refractivity contribution >= 4 is 7.32 Å². The Morgan fingerprint density at radius 1 is 0.575 bits per heavy atom. The number of hydrogen-bond acceptors (Lipinski definition) is 3. The first-order valence-electron chi connectivity index (χ1n) is 12.1. The molecule has 13 heteroatoms. The predicted molar refractivity (Wildman–Crippen MR) is 127 cm³/mol. The normalized spacial score (nSPS) is 19.9. The van der Waals surface area contributed by atoms with Gasteiger partial charge in [-0.15, -0.1) is 0 Å². The van der Waals surface area contributed by atoms with Gasteiger partial charge in [-0.2, -0.15) is 39.5 Å². The molecule has 0 saturated heterocycles. The predicted octanol–water partition coefficient (Wildman–Crippen LogP) is 7.48. The van der Waals surface area contributed by atoms with Gasteiger partial charge >= 0.3 is 25.9 Å². The lowest BCUT2D eigenvalue weighted by Crippen LogP contribution is -2.56. The molecule has 1 atom stereocenters. The van der Waals surface area contributed by atoms with E-state index in [0.717, 1.165) is 36.4 Å². The third kappa shape index (κ3) is 5.46. The molecule has 0 aliphatic heterocycles. The van der Waals surface area contributed by atoms with Crippen LogP contribution in [0.3, 0.4) is 0 Å². The van der Waals surface area contributed by atoms with Gasteiger partial charge in [0.05, 0.1) is 27.7 Å². The minimum atomic E-state index is -4.87. The summed E-state index contributed by atoms with van der Waals surface area (Å²) in [5, 5.41) is 20.0. The standard InChI is InChI=1S/C27H22BF9O3/c29-25(30,31)20-9-3-6-17(14-20)23(18-7-4-10-21(15-18)26(32,33)34)12-1-2-13-24(23,40-28(38)39)19-8-5-11-22(16-19)27(35,36)37/h3-11,14-16,38-39H,1-2,12-13H2. The molecule has 1 saturated carbocycles. The quantitative estimate of drug-likeness (QED) is 0.245. The van der Waals surface area contributed by atoms with E-state index in [4.69, 9.17) is 4.65 Å². The summed E-state index contributed by atoms with van der Waals surface area (Å²) >= 11 is 0. The molecule has 1 fully saturated rings. The monoisotopic (exact) mass is 576 g/mol. The van der Waals surface area contributed by atoms with Crippen molar-refractivity contribution in [2.45, 2.75) is 55.2 Å². The smallest absolute Gasteiger partial charge is 0.402 e. The maximum atomic E-state index is 13.8. The van der Waals surface area contributed by atoms with E-state index in [1.807, 2.05) is 0 Å². The van der Waals surface area contributed by atoms with Crippen LogP contribution in [0.25, 0.3) is 0 Å². The first-order chi connectivity index (χ1) is 18.5. The molecule has 3 aromatic carbocycles. The zero-order chi connectivity index (χ0) is 29.6. The van der Waals surface area contributed by atoms with E-state index < -0.39 is 53.6 Å². The van der Waals surface area contributed by atoms with Crippen LogP contribution in [-0.4, -0.2) is 17.4 Å². The van der Waals surface area contributed by atoms with E-state index in [2.05, 4.69) is 0 Å². The van der Waals surface area contributed by atoms with Crippen LogP contribution in [0, 0.1) is 0 Å². The molecule has 40 heavy (non-hydrogen) atoms. The molecule has 214 valence electrons. The molecule has 0 amide bonds. The Kier molecular flexibility index (Phi) is 7.80. The minimum absolute atomic E-state index is 0.182. The molecule has 3 nitrogen and oxygen atoms in total. The largest absolute Gasteiger partial charge is 0.634 e. The highest BCUT2D eigenvalue weighted by molar-refractivity contribution is 6.32. The van der Waals surface area contributed by atoms with E-state index in [-0.39, 0.29) is 42.4 Å². The highest BCUT2D eigenvalue weighted by Gasteiger charge is 2.59. The van der Waals surface area contributed by atoms with Gasteiger partial charge in [-0.05, 0) is 53.8 Å². The second-order valence-corrected chi connectivity index (χ2v) is 9.62. The van der Waals surface area contributed by atoms with Crippen molar-refractivity contribution < 1.29 is 54.2 Å². The molecule has 0 heterocycles. The third-order valence-corrected chi connectivity index (χ3v) is 7.35. The molecule has 3 aromatic rings. The molecule has 1 unspecified atom stereocenters. The van der Waals surface area contributed by atoms with Crippen molar-refractivity contribution in [1.82, 2.24) is 0 Å². The molecule has 1 aliphatic carbocycles. The van der Waals surface area contributed by atoms with Crippen LogP contribution < -0.4 is 0 Å². The molecular weight excluding hydrogens is 554 g/mol. The average Bonchev–Trinajstić information content (AvgIpc) is 2.87. The van der Waals surface area contributed by atoms with Crippen molar-refractivity contribution in [3.8, 4) is 0 Å². The second-order valence-electron chi connectivity index (χ2n) is 9.62. The van der Waals surface area contributed by atoms with Gasteiger partial charge in [0.15, 0.2) is 0 Å². The van der Waals surface area contributed by atoms with Crippen LogP contribution in [0.2, 0.25) is 0 Å².